The molecule has 2 aromatic carbocycles. The number of pyridine rings is 2. The van der Waals surface area contributed by atoms with Crippen LogP contribution < -0.4 is 4.74 Å². The first-order chi connectivity index (χ1) is 11.8. The fraction of sp³-hybridized carbons (Fsp3) is 0.100. The van der Waals surface area contributed by atoms with Gasteiger partial charge in [0.05, 0.1) is 30.6 Å². The first-order valence-electron chi connectivity index (χ1n) is 7.74. The Morgan fingerprint density at radius 3 is 2.08 bits per heavy atom. The third-order valence-electron chi connectivity index (χ3n) is 4.14. The molecule has 0 spiro atoms. The van der Waals surface area contributed by atoms with Crippen molar-refractivity contribution in [1.82, 2.24) is 9.97 Å². The minimum atomic E-state index is -0.0350. The van der Waals surface area contributed by atoms with Gasteiger partial charge in [0.25, 0.3) is 0 Å². The molecule has 0 radical (unpaired) electrons. The number of nitrogens with zero attached hydrogens (tertiary/aromatic N) is 2. The Hall–Kier alpha value is -2.98. The maximum absolute atomic E-state index is 9.53. The minimum Gasteiger partial charge on any atom is -0.494 e. The van der Waals surface area contributed by atoms with Gasteiger partial charge in [-0.05, 0) is 18.2 Å². The van der Waals surface area contributed by atoms with Crippen LogP contribution in [0.2, 0.25) is 0 Å². The van der Waals surface area contributed by atoms with E-state index in [2.05, 4.69) is 0 Å². The molecule has 4 rings (SSSR count). The number of rotatable bonds is 3. The van der Waals surface area contributed by atoms with Crippen LogP contribution in [0.25, 0.3) is 33.2 Å². The van der Waals surface area contributed by atoms with Crippen molar-refractivity contribution in [1.29, 1.82) is 0 Å². The van der Waals surface area contributed by atoms with Gasteiger partial charge in [0.2, 0.25) is 0 Å². The Morgan fingerprint density at radius 1 is 0.792 bits per heavy atom. The molecule has 0 bridgehead atoms. The summed E-state index contributed by atoms with van der Waals surface area (Å²) in [5, 5.41) is 11.6. The summed E-state index contributed by atoms with van der Waals surface area (Å²) in [6.45, 7) is -0.0350. The van der Waals surface area contributed by atoms with Crippen molar-refractivity contribution in [3.05, 3.63) is 66.2 Å². The van der Waals surface area contributed by atoms with Gasteiger partial charge in [0, 0.05) is 16.3 Å². The predicted molar refractivity (Wildman–Crippen MR) is 95.0 cm³/mol. The van der Waals surface area contributed by atoms with Crippen LogP contribution in [-0.4, -0.2) is 22.2 Å². The third-order valence-corrected chi connectivity index (χ3v) is 4.14. The molecule has 2 heterocycles. The molecular weight excluding hydrogens is 300 g/mol. The van der Waals surface area contributed by atoms with Gasteiger partial charge in [0.1, 0.15) is 11.3 Å². The van der Waals surface area contributed by atoms with Crippen LogP contribution in [0.1, 0.15) is 5.56 Å². The summed E-state index contributed by atoms with van der Waals surface area (Å²) in [6, 6.07) is 19.6. The Labute approximate surface area is 139 Å². The van der Waals surface area contributed by atoms with Crippen LogP contribution >= 0.6 is 0 Å². The highest BCUT2D eigenvalue weighted by atomic mass is 16.5. The number of aromatic nitrogens is 2. The van der Waals surface area contributed by atoms with Gasteiger partial charge >= 0.3 is 0 Å². The summed E-state index contributed by atoms with van der Waals surface area (Å²) in [5.74, 6) is 0.742. The zero-order valence-electron chi connectivity index (χ0n) is 13.2. The van der Waals surface area contributed by atoms with Gasteiger partial charge in [-0.3, -0.25) is 0 Å². The van der Waals surface area contributed by atoms with Gasteiger partial charge in [-0.15, -0.1) is 0 Å². The zero-order valence-corrected chi connectivity index (χ0v) is 13.2. The second kappa shape index (κ2) is 5.91. The molecule has 0 saturated heterocycles. The van der Waals surface area contributed by atoms with Crippen molar-refractivity contribution < 1.29 is 9.84 Å². The molecule has 0 fully saturated rings. The van der Waals surface area contributed by atoms with Crippen molar-refractivity contribution >= 4 is 21.8 Å². The Bertz CT molecular complexity index is 959. The average Bonchev–Trinajstić information content (AvgIpc) is 2.66. The first kappa shape index (κ1) is 14.6. The number of aliphatic hydroxyl groups is 1. The Balaban J connectivity index is 1.92. The lowest BCUT2D eigenvalue weighted by Gasteiger charge is -2.08. The smallest absolute Gasteiger partial charge is 0.145 e. The molecule has 0 aliphatic rings. The summed E-state index contributed by atoms with van der Waals surface area (Å²) < 4.78 is 5.41. The Morgan fingerprint density at radius 2 is 1.42 bits per heavy atom. The Kier molecular flexibility index (Phi) is 3.59. The SMILES string of the molecule is COc1cccc2ccc(-c3ccc4cccc(CO)c4n3)nc12. The van der Waals surface area contributed by atoms with Crippen LogP contribution in [0.15, 0.2) is 60.7 Å². The highest BCUT2D eigenvalue weighted by Crippen LogP contribution is 2.28. The third kappa shape index (κ3) is 2.37. The number of fused-ring (bicyclic) bond motifs is 2. The van der Waals surface area contributed by atoms with Crippen LogP contribution in [-0.2, 0) is 6.61 Å². The predicted octanol–water partition coefficient (Wildman–Crippen LogP) is 3.95. The molecule has 0 unspecified atom stereocenters. The molecule has 2 aromatic heterocycles. The zero-order chi connectivity index (χ0) is 16.5. The number of ether oxygens (including phenoxy) is 1. The van der Waals surface area contributed by atoms with Crippen molar-refractivity contribution in [2.24, 2.45) is 0 Å². The maximum atomic E-state index is 9.53. The van der Waals surface area contributed by atoms with Gasteiger partial charge in [-0.25, -0.2) is 9.97 Å². The summed E-state index contributed by atoms with van der Waals surface area (Å²) in [7, 11) is 1.64. The summed E-state index contributed by atoms with van der Waals surface area (Å²) in [4.78, 5) is 9.44. The molecule has 118 valence electrons. The van der Waals surface area contributed by atoms with Crippen LogP contribution in [0, 0.1) is 0 Å². The number of benzene rings is 2. The van der Waals surface area contributed by atoms with E-state index in [-0.39, 0.29) is 6.61 Å². The highest BCUT2D eigenvalue weighted by Gasteiger charge is 2.09. The largest absolute Gasteiger partial charge is 0.494 e. The minimum absolute atomic E-state index is 0.0350. The van der Waals surface area contributed by atoms with E-state index in [1.165, 1.54) is 0 Å². The monoisotopic (exact) mass is 316 g/mol. The first-order valence-corrected chi connectivity index (χ1v) is 7.74. The molecule has 0 atom stereocenters. The van der Waals surface area contributed by atoms with Crippen molar-refractivity contribution in [3.63, 3.8) is 0 Å². The van der Waals surface area contributed by atoms with Crippen molar-refractivity contribution in [2.75, 3.05) is 7.11 Å². The van der Waals surface area contributed by atoms with E-state index in [1.54, 1.807) is 7.11 Å². The van der Waals surface area contributed by atoms with E-state index in [1.807, 2.05) is 60.7 Å². The lowest BCUT2D eigenvalue weighted by atomic mass is 10.1. The molecule has 0 amide bonds. The molecular formula is C20H16N2O2. The van der Waals surface area contributed by atoms with Gasteiger partial charge < -0.3 is 9.84 Å². The standard InChI is InChI=1S/C20H16N2O2/c1-24-18-7-3-5-14-9-11-17(22-20(14)18)16-10-8-13-4-2-6-15(12-23)19(13)21-16/h2-11,23H,12H2,1H3. The van der Waals surface area contributed by atoms with E-state index in [0.29, 0.717) is 0 Å². The normalized spacial score (nSPS) is 11.1. The number of aliphatic hydroxyl groups excluding tert-OH is 1. The number of methoxy groups -OCH3 is 1. The van der Waals surface area contributed by atoms with Crippen molar-refractivity contribution in [2.45, 2.75) is 6.61 Å². The number of hydrogen-bond acceptors (Lipinski definition) is 4. The molecule has 4 heteroatoms. The lowest BCUT2D eigenvalue weighted by molar-refractivity contribution is 0.283. The van der Waals surface area contributed by atoms with E-state index < -0.39 is 0 Å². The molecule has 24 heavy (non-hydrogen) atoms. The maximum Gasteiger partial charge on any atom is 0.145 e. The van der Waals surface area contributed by atoms with Gasteiger partial charge in [-0.2, -0.15) is 0 Å². The second-order valence-corrected chi connectivity index (χ2v) is 5.57. The lowest BCUT2D eigenvalue weighted by Crippen LogP contribution is -1.94. The van der Waals surface area contributed by atoms with Crippen LogP contribution in [0.5, 0.6) is 5.75 Å². The molecule has 0 saturated carbocycles. The summed E-state index contributed by atoms with van der Waals surface area (Å²) in [5.41, 5.74) is 3.99. The quantitative estimate of drug-likeness (QED) is 0.622. The molecule has 1 N–H and O–H groups in total. The fourth-order valence-corrected chi connectivity index (χ4v) is 2.91. The van der Waals surface area contributed by atoms with E-state index in [4.69, 9.17) is 14.7 Å². The molecule has 4 aromatic rings. The summed E-state index contributed by atoms with van der Waals surface area (Å²) in [6.07, 6.45) is 0. The second-order valence-electron chi connectivity index (χ2n) is 5.57. The van der Waals surface area contributed by atoms with Crippen LogP contribution in [0.4, 0.5) is 0 Å². The highest BCUT2D eigenvalue weighted by molar-refractivity contribution is 5.88. The molecule has 0 aliphatic heterocycles. The molecule has 4 nitrogen and oxygen atoms in total. The van der Waals surface area contributed by atoms with E-state index in [9.17, 15) is 5.11 Å². The van der Waals surface area contributed by atoms with Gasteiger partial charge in [-0.1, -0.05) is 42.5 Å². The van der Waals surface area contributed by atoms with Crippen LogP contribution in [0.3, 0.4) is 0 Å². The topological polar surface area (TPSA) is 55.2 Å². The van der Waals surface area contributed by atoms with E-state index in [0.717, 1.165) is 44.5 Å². The molecule has 0 aliphatic carbocycles. The number of para-hydroxylation sites is 2. The van der Waals surface area contributed by atoms with Crippen molar-refractivity contribution in [3.8, 4) is 17.1 Å². The average molecular weight is 316 g/mol. The number of hydrogen-bond donors (Lipinski definition) is 1. The fourth-order valence-electron chi connectivity index (χ4n) is 2.91. The summed E-state index contributed by atoms with van der Waals surface area (Å²) >= 11 is 0. The van der Waals surface area contributed by atoms with Gasteiger partial charge in [0.15, 0.2) is 0 Å². The van der Waals surface area contributed by atoms with E-state index >= 15 is 0 Å².